The number of hydrogen-bond donors (Lipinski definition) is 2. The molecule has 0 aromatic carbocycles. The van der Waals surface area contributed by atoms with Crippen molar-refractivity contribution < 1.29 is 5.11 Å². The monoisotopic (exact) mass is 514 g/mol. The van der Waals surface area contributed by atoms with Crippen LogP contribution in [0.25, 0.3) is 0 Å². The minimum Gasteiger partial charge on any atom is -0.396 e. The van der Waals surface area contributed by atoms with E-state index in [1.54, 1.807) is 0 Å². The van der Waals surface area contributed by atoms with E-state index in [0.29, 0.717) is 5.92 Å². The highest BCUT2D eigenvalue weighted by Gasteiger charge is 2.11. The highest BCUT2D eigenvalue weighted by Crippen LogP contribution is 2.15. The van der Waals surface area contributed by atoms with E-state index < -0.39 is 0 Å². The molecule has 0 amide bonds. The van der Waals surface area contributed by atoms with Crippen molar-refractivity contribution in [2.24, 2.45) is 18.0 Å². The second-order valence-corrected chi connectivity index (χ2v) is 6.89. The van der Waals surface area contributed by atoms with Gasteiger partial charge in [0, 0.05) is 50.2 Å². The maximum Gasteiger partial charge on any atom is 0.194 e. The highest BCUT2D eigenvalue weighted by atomic mass is 127. The van der Waals surface area contributed by atoms with E-state index in [-0.39, 0.29) is 30.6 Å². The number of rotatable bonds is 9. The summed E-state index contributed by atoms with van der Waals surface area (Å²) in [5.41, 5.74) is 1.23. The van der Waals surface area contributed by atoms with Crippen LogP contribution in [0.15, 0.2) is 21.7 Å². The van der Waals surface area contributed by atoms with E-state index in [1.165, 1.54) is 5.69 Å². The maximum absolute atomic E-state index is 9.19. The van der Waals surface area contributed by atoms with Crippen LogP contribution in [0.5, 0.6) is 0 Å². The third-order valence-corrected chi connectivity index (χ3v) is 4.34. The Bertz CT molecular complexity index is 487. The molecule has 1 unspecified atom stereocenters. The summed E-state index contributed by atoms with van der Waals surface area (Å²) in [4.78, 5) is 6.93. The maximum atomic E-state index is 9.19. The Hall–Kier alpha value is -0.280. The molecule has 0 spiro atoms. The Morgan fingerprint density at radius 2 is 2.12 bits per heavy atom. The molecule has 1 aromatic heterocycles. The predicted molar refractivity (Wildman–Crippen MR) is 116 cm³/mol. The van der Waals surface area contributed by atoms with Crippen molar-refractivity contribution in [3.8, 4) is 0 Å². The average molecular weight is 515 g/mol. The van der Waals surface area contributed by atoms with Crippen molar-refractivity contribution in [1.82, 2.24) is 14.8 Å². The van der Waals surface area contributed by atoms with Crippen molar-refractivity contribution in [2.45, 2.75) is 39.7 Å². The van der Waals surface area contributed by atoms with E-state index in [1.807, 2.05) is 0 Å². The summed E-state index contributed by atoms with van der Waals surface area (Å²) in [5, 5.41) is 12.5. The molecule has 1 rings (SSSR count). The third-order valence-electron chi connectivity index (χ3n) is 3.90. The van der Waals surface area contributed by atoms with Gasteiger partial charge in [0.15, 0.2) is 5.96 Å². The second kappa shape index (κ2) is 13.0. The lowest BCUT2D eigenvalue weighted by molar-refractivity contribution is 0.253. The molecule has 0 bridgehead atoms. The van der Waals surface area contributed by atoms with Gasteiger partial charge in [-0.05, 0) is 47.7 Å². The number of aliphatic hydroxyl groups is 1. The zero-order chi connectivity index (χ0) is 17.2. The number of aromatic nitrogens is 1. The van der Waals surface area contributed by atoms with Crippen LogP contribution in [0, 0.1) is 5.92 Å². The van der Waals surface area contributed by atoms with Crippen molar-refractivity contribution in [3.05, 3.63) is 22.4 Å². The van der Waals surface area contributed by atoms with Crippen LogP contribution in [0.2, 0.25) is 0 Å². The van der Waals surface area contributed by atoms with Crippen LogP contribution >= 0.6 is 39.9 Å². The molecule has 0 radical (unpaired) electrons. The summed E-state index contributed by atoms with van der Waals surface area (Å²) < 4.78 is 3.21. The van der Waals surface area contributed by atoms with Gasteiger partial charge in [0.25, 0.3) is 0 Å². The standard InChI is InChI=1S/C17H31BrN4O.HI/c1-5-7-14(8-9-23)11-20-17(19-6-2)22(4)13-16-10-15(18)12-21(16)3;/h10,12,14,23H,5-9,11,13H2,1-4H3,(H,19,20);1H. The number of hydrogen-bond acceptors (Lipinski definition) is 2. The van der Waals surface area contributed by atoms with Crippen molar-refractivity contribution in [2.75, 3.05) is 26.7 Å². The van der Waals surface area contributed by atoms with Crippen LogP contribution < -0.4 is 5.32 Å². The van der Waals surface area contributed by atoms with Gasteiger partial charge in [-0.25, -0.2) is 0 Å². The summed E-state index contributed by atoms with van der Waals surface area (Å²) in [6, 6.07) is 2.13. The number of nitrogens with zero attached hydrogens (tertiary/aromatic N) is 3. The zero-order valence-corrected chi connectivity index (χ0v) is 19.2. The highest BCUT2D eigenvalue weighted by molar-refractivity contribution is 14.0. The first-order valence-corrected chi connectivity index (χ1v) is 9.22. The number of guanidine groups is 1. The minimum atomic E-state index is 0. The quantitative estimate of drug-likeness (QED) is 0.301. The number of nitrogens with one attached hydrogen (secondary N) is 1. The predicted octanol–water partition coefficient (Wildman–Crippen LogP) is 3.60. The van der Waals surface area contributed by atoms with Gasteiger partial charge < -0.3 is 19.9 Å². The van der Waals surface area contributed by atoms with Crippen molar-refractivity contribution >= 4 is 45.9 Å². The van der Waals surface area contributed by atoms with Gasteiger partial charge in [-0.1, -0.05) is 13.3 Å². The molecule has 24 heavy (non-hydrogen) atoms. The fraction of sp³-hybridized carbons (Fsp3) is 0.706. The van der Waals surface area contributed by atoms with E-state index in [0.717, 1.165) is 49.3 Å². The summed E-state index contributed by atoms with van der Waals surface area (Å²) in [6.07, 6.45) is 5.12. The molecule has 2 N–H and O–H groups in total. The van der Waals surface area contributed by atoms with Crippen molar-refractivity contribution in [3.63, 3.8) is 0 Å². The normalized spacial score (nSPS) is 12.7. The van der Waals surface area contributed by atoms with E-state index in [2.05, 4.69) is 70.9 Å². The molecule has 0 saturated carbocycles. The van der Waals surface area contributed by atoms with Gasteiger partial charge in [-0.15, -0.1) is 24.0 Å². The largest absolute Gasteiger partial charge is 0.396 e. The van der Waals surface area contributed by atoms with Gasteiger partial charge >= 0.3 is 0 Å². The molecule has 0 aliphatic heterocycles. The Balaban J connectivity index is 0.00000529. The Labute approximate surface area is 172 Å². The minimum absolute atomic E-state index is 0. The number of halogens is 2. The average Bonchev–Trinajstić information content (AvgIpc) is 2.81. The first-order chi connectivity index (χ1) is 11.0. The summed E-state index contributed by atoms with van der Waals surface area (Å²) >= 11 is 3.52. The SMILES string of the molecule is CCCC(CCO)CN=C(NCC)N(C)Cc1cc(Br)cn1C.I. The van der Waals surface area contributed by atoms with Crippen LogP contribution in [0.4, 0.5) is 0 Å². The van der Waals surface area contributed by atoms with Crippen LogP contribution in [0.1, 0.15) is 38.8 Å². The summed E-state index contributed by atoms with van der Waals surface area (Å²) in [5.74, 6) is 1.38. The zero-order valence-electron chi connectivity index (χ0n) is 15.3. The molecule has 140 valence electrons. The van der Waals surface area contributed by atoms with E-state index in [4.69, 9.17) is 4.99 Å². The van der Waals surface area contributed by atoms with Gasteiger partial charge in [-0.2, -0.15) is 0 Å². The van der Waals surface area contributed by atoms with Gasteiger partial charge in [0.1, 0.15) is 0 Å². The second-order valence-electron chi connectivity index (χ2n) is 5.98. The number of aliphatic imine (C=N–C) groups is 1. The Morgan fingerprint density at radius 3 is 2.62 bits per heavy atom. The van der Waals surface area contributed by atoms with E-state index >= 15 is 0 Å². The molecule has 0 aliphatic carbocycles. The molecule has 1 heterocycles. The van der Waals surface area contributed by atoms with E-state index in [9.17, 15) is 5.11 Å². The molecule has 1 aromatic rings. The number of aliphatic hydroxyl groups excluding tert-OH is 1. The first-order valence-electron chi connectivity index (χ1n) is 8.42. The molecule has 5 nitrogen and oxygen atoms in total. The van der Waals surface area contributed by atoms with Crippen LogP contribution in [-0.4, -0.2) is 47.3 Å². The molecule has 0 aliphatic rings. The smallest absolute Gasteiger partial charge is 0.194 e. The van der Waals surface area contributed by atoms with Crippen LogP contribution in [0.3, 0.4) is 0 Å². The van der Waals surface area contributed by atoms with Gasteiger partial charge in [0.2, 0.25) is 0 Å². The number of aryl methyl sites for hydroxylation is 1. The molecular weight excluding hydrogens is 483 g/mol. The molecule has 0 fully saturated rings. The fourth-order valence-electron chi connectivity index (χ4n) is 2.64. The topological polar surface area (TPSA) is 52.8 Å². The summed E-state index contributed by atoms with van der Waals surface area (Å²) in [7, 11) is 4.11. The lowest BCUT2D eigenvalue weighted by Crippen LogP contribution is -2.39. The molecular formula is C17H32BrIN4O. The third kappa shape index (κ3) is 8.20. The van der Waals surface area contributed by atoms with Crippen LogP contribution in [-0.2, 0) is 13.6 Å². The van der Waals surface area contributed by atoms with Gasteiger partial charge in [0.05, 0.1) is 6.54 Å². The molecule has 0 saturated heterocycles. The molecule has 1 atom stereocenters. The van der Waals surface area contributed by atoms with Gasteiger partial charge in [-0.3, -0.25) is 4.99 Å². The Morgan fingerprint density at radius 1 is 1.42 bits per heavy atom. The summed E-state index contributed by atoms with van der Waals surface area (Å²) in [6.45, 7) is 6.91. The lowest BCUT2D eigenvalue weighted by atomic mass is 10.0. The van der Waals surface area contributed by atoms with Crippen molar-refractivity contribution in [1.29, 1.82) is 0 Å². The fourth-order valence-corrected chi connectivity index (χ4v) is 3.22. The molecule has 7 heteroatoms. The Kier molecular flexibility index (Phi) is 12.8. The lowest BCUT2D eigenvalue weighted by Gasteiger charge is -2.23. The first kappa shape index (κ1) is 23.7.